The van der Waals surface area contributed by atoms with E-state index in [1.54, 1.807) is 30.4 Å². The number of methoxy groups -OCH3 is 2. The molecule has 0 fully saturated rings. The maximum Gasteiger partial charge on any atom is 0.337 e. The third kappa shape index (κ3) is 3.78. The molecular weight excluding hydrogens is 437 g/mol. The summed E-state index contributed by atoms with van der Waals surface area (Å²) in [5, 5.41) is 3.88. The Labute approximate surface area is 189 Å². The monoisotopic (exact) mass is 457 g/mol. The van der Waals surface area contributed by atoms with Crippen molar-refractivity contribution in [3.8, 4) is 0 Å². The molecule has 1 N–H and O–H groups in total. The van der Waals surface area contributed by atoms with Crippen molar-refractivity contribution in [2.24, 2.45) is 0 Å². The van der Waals surface area contributed by atoms with Gasteiger partial charge in [-0.15, -0.1) is 0 Å². The molecule has 0 aliphatic carbocycles. The summed E-state index contributed by atoms with van der Waals surface area (Å²) >= 11 is 6.41. The molecule has 0 radical (unpaired) electrons. The minimum Gasteiger partial charge on any atom is -0.466 e. The van der Waals surface area contributed by atoms with E-state index >= 15 is 0 Å². The standard InChI is InChI=1S/C24H21ClFNO5/c1-30-22(28)20-18-11-12-24(32-18,21(20)23(29)31-2)19(13-14-5-3-4-6-17(14)25)27-16-9-7-15(26)8-10-16/h3-12,18-19,27H,13H2,1-2H3. The Hall–Kier alpha value is -3.16. The lowest BCUT2D eigenvalue weighted by Gasteiger charge is -2.36. The average Bonchev–Trinajstić information content (AvgIpc) is 3.38. The van der Waals surface area contributed by atoms with E-state index in [1.165, 1.54) is 26.4 Å². The van der Waals surface area contributed by atoms with Crippen LogP contribution in [0.5, 0.6) is 0 Å². The van der Waals surface area contributed by atoms with Crippen molar-refractivity contribution in [1.29, 1.82) is 0 Å². The van der Waals surface area contributed by atoms with Crippen LogP contribution >= 0.6 is 11.6 Å². The third-order valence-electron chi connectivity index (χ3n) is 5.66. The van der Waals surface area contributed by atoms with Crippen LogP contribution in [0, 0.1) is 5.82 Å². The fraction of sp³-hybridized carbons (Fsp3) is 0.250. The van der Waals surface area contributed by atoms with Crippen LogP contribution in [0.2, 0.25) is 5.02 Å². The summed E-state index contributed by atoms with van der Waals surface area (Å²) in [6, 6.07) is 12.5. The molecule has 0 saturated heterocycles. The highest BCUT2D eigenvalue weighted by molar-refractivity contribution is 6.31. The predicted octanol–water partition coefficient (Wildman–Crippen LogP) is 3.85. The molecule has 3 atom stereocenters. The lowest BCUT2D eigenvalue weighted by Crippen LogP contribution is -2.49. The van der Waals surface area contributed by atoms with Gasteiger partial charge in [0.1, 0.15) is 17.5 Å². The number of esters is 2. The first-order chi connectivity index (χ1) is 15.4. The van der Waals surface area contributed by atoms with Gasteiger partial charge < -0.3 is 19.5 Å². The zero-order valence-electron chi connectivity index (χ0n) is 17.4. The zero-order chi connectivity index (χ0) is 22.9. The second-order valence-electron chi connectivity index (χ2n) is 7.46. The van der Waals surface area contributed by atoms with Gasteiger partial charge in [0.2, 0.25) is 0 Å². The molecule has 2 aromatic rings. The normalized spacial score (nSPS) is 22.1. The molecule has 0 spiro atoms. The summed E-state index contributed by atoms with van der Waals surface area (Å²) in [6.07, 6.45) is 3.04. The van der Waals surface area contributed by atoms with Crippen LogP contribution in [-0.2, 0) is 30.2 Å². The number of nitrogens with one attached hydrogen (secondary N) is 1. The smallest absolute Gasteiger partial charge is 0.337 e. The molecule has 2 aliphatic heterocycles. The summed E-state index contributed by atoms with van der Waals surface area (Å²) in [4.78, 5) is 25.4. The Morgan fingerprint density at radius 3 is 2.47 bits per heavy atom. The van der Waals surface area contributed by atoms with Gasteiger partial charge in [0, 0.05) is 10.7 Å². The minimum absolute atomic E-state index is 0.0750. The van der Waals surface area contributed by atoms with Crippen molar-refractivity contribution < 1.29 is 28.2 Å². The van der Waals surface area contributed by atoms with Crippen molar-refractivity contribution in [3.63, 3.8) is 0 Å². The third-order valence-corrected chi connectivity index (χ3v) is 6.03. The number of carbonyl (C=O) groups excluding carboxylic acids is 2. The Kier molecular flexibility index (Phi) is 6.04. The van der Waals surface area contributed by atoms with Crippen LogP contribution < -0.4 is 5.32 Å². The van der Waals surface area contributed by atoms with Gasteiger partial charge in [0.05, 0.1) is 31.4 Å². The van der Waals surface area contributed by atoms with Gasteiger partial charge >= 0.3 is 11.9 Å². The van der Waals surface area contributed by atoms with Crippen molar-refractivity contribution >= 4 is 29.2 Å². The van der Waals surface area contributed by atoms with Crippen LogP contribution in [0.1, 0.15) is 5.56 Å². The van der Waals surface area contributed by atoms with Crippen LogP contribution in [0.4, 0.5) is 10.1 Å². The summed E-state index contributed by atoms with van der Waals surface area (Å²) < 4.78 is 29.6. The molecule has 2 heterocycles. The van der Waals surface area contributed by atoms with E-state index in [9.17, 15) is 14.0 Å². The van der Waals surface area contributed by atoms with Gasteiger partial charge in [0.25, 0.3) is 0 Å². The van der Waals surface area contributed by atoms with E-state index in [-0.39, 0.29) is 17.0 Å². The molecule has 0 saturated carbocycles. The highest BCUT2D eigenvalue weighted by Crippen LogP contribution is 2.47. The highest BCUT2D eigenvalue weighted by atomic mass is 35.5. The Bertz CT molecular complexity index is 1110. The first-order valence-corrected chi connectivity index (χ1v) is 10.3. The first kappa shape index (κ1) is 22.0. The van der Waals surface area contributed by atoms with Crippen LogP contribution in [0.25, 0.3) is 0 Å². The van der Waals surface area contributed by atoms with Crippen LogP contribution in [0.15, 0.2) is 71.8 Å². The predicted molar refractivity (Wildman–Crippen MR) is 117 cm³/mol. The van der Waals surface area contributed by atoms with Crippen molar-refractivity contribution in [2.75, 3.05) is 19.5 Å². The number of rotatable bonds is 7. The molecule has 32 heavy (non-hydrogen) atoms. The van der Waals surface area contributed by atoms with Gasteiger partial charge in [-0.1, -0.05) is 35.9 Å². The zero-order valence-corrected chi connectivity index (χ0v) is 18.2. The molecule has 8 heteroatoms. The summed E-state index contributed by atoms with van der Waals surface area (Å²) in [7, 11) is 2.48. The van der Waals surface area contributed by atoms with Gasteiger partial charge in [-0.25, -0.2) is 14.0 Å². The van der Waals surface area contributed by atoms with Crippen LogP contribution in [-0.4, -0.2) is 43.9 Å². The number of ether oxygens (including phenoxy) is 3. The molecule has 2 bridgehead atoms. The number of carbonyl (C=O) groups is 2. The number of anilines is 1. The van der Waals surface area contributed by atoms with Gasteiger partial charge in [0.15, 0.2) is 0 Å². The summed E-state index contributed by atoms with van der Waals surface area (Å²) in [5.41, 5.74) is 0.265. The quantitative estimate of drug-likeness (QED) is 0.503. The summed E-state index contributed by atoms with van der Waals surface area (Å²) in [5.74, 6) is -1.74. The molecule has 0 amide bonds. The van der Waals surface area contributed by atoms with E-state index in [1.807, 2.05) is 18.2 Å². The molecule has 6 nitrogen and oxygen atoms in total. The highest BCUT2D eigenvalue weighted by Gasteiger charge is 2.58. The van der Waals surface area contributed by atoms with E-state index in [4.69, 9.17) is 25.8 Å². The maximum absolute atomic E-state index is 13.5. The minimum atomic E-state index is -1.32. The maximum atomic E-state index is 13.5. The molecule has 2 aromatic carbocycles. The molecule has 0 aromatic heterocycles. The Morgan fingerprint density at radius 1 is 1.12 bits per heavy atom. The lowest BCUT2D eigenvalue weighted by molar-refractivity contribution is -0.139. The molecule has 166 valence electrons. The van der Waals surface area contributed by atoms with Crippen LogP contribution in [0.3, 0.4) is 0 Å². The fourth-order valence-corrected chi connectivity index (χ4v) is 4.40. The Balaban J connectivity index is 1.83. The molecule has 3 unspecified atom stereocenters. The average molecular weight is 458 g/mol. The van der Waals surface area contributed by atoms with Crippen molar-refractivity contribution in [2.45, 2.75) is 24.2 Å². The topological polar surface area (TPSA) is 73.9 Å². The van der Waals surface area contributed by atoms with Gasteiger partial charge in [-0.2, -0.15) is 0 Å². The van der Waals surface area contributed by atoms with Crippen molar-refractivity contribution in [1.82, 2.24) is 0 Å². The lowest BCUT2D eigenvalue weighted by atomic mass is 9.79. The number of fused-ring (bicyclic) bond motifs is 2. The second-order valence-corrected chi connectivity index (χ2v) is 7.87. The number of hydrogen-bond acceptors (Lipinski definition) is 6. The largest absolute Gasteiger partial charge is 0.466 e. The van der Waals surface area contributed by atoms with Gasteiger partial charge in [-0.05, 0) is 48.4 Å². The van der Waals surface area contributed by atoms with E-state index in [0.717, 1.165) is 5.56 Å². The molecular formula is C24H21ClFNO5. The first-order valence-electron chi connectivity index (χ1n) is 9.93. The van der Waals surface area contributed by atoms with Crippen molar-refractivity contribution in [3.05, 3.63) is 88.2 Å². The molecule has 4 rings (SSSR count). The number of benzene rings is 2. The second kappa shape index (κ2) is 8.76. The van der Waals surface area contributed by atoms with E-state index < -0.39 is 29.7 Å². The number of halogens is 2. The fourth-order valence-electron chi connectivity index (χ4n) is 4.18. The summed E-state index contributed by atoms with van der Waals surface area (Å²) in [6.45, 7) is 0. The number of hydrogen-bond donors (Lipinski definition) is 1. The van der Waals surface area contributed by atoms with E-state index in [2.05, 4.69) is 5.32 Å². The Morgan fingerprint density at radius 2 is 1.81 bits per heavy atom. The van der Waals surface area contributed by atoms with E-state index in [0.29, 0.717) is 17.1 Å². The SMILES string of the molecule is COC(=O)C1=C(C(=O)OC)C2(C(Cc3ccccc3Cl)Nc3ccc(F)cc3)C=CC1O2. The van der Waals surface area contributed by atoms with Gasteiger partial charge in [-0.3, -0.25) is 0 Å². The molecule has 2 aliphatic rings.